The van der Waals surface area contributed by atoms with Crippen LogP contribution in [0.2, 0.25) is 0 Å². The first-order valence-corrected chi connectivity index (χ1v) is 6.39. The molecule has 0 aliphatic rings. The lowest BCUT2D eigenvalue weighted by Gasteiger charge is -2.05. The number of pyridine rings is 1. The van der Waals surface area contributed by atoms with Crippen LogP contribution in [-0.4, -0.2) is 36.6 Å². The van der Waals surface area contributed by atoms with Crippen LogP contribution < -0.4 is 0 Å². The Balaban J connectivity index is 0.00000180. The molecule has 0 aliphatic carbocycles. The number of aromatic nitrogens is 4. The lowest BCUT2D eigenvalue weighted by molar-refractivity contribution is -0.133. The lowest BCUT2D eigenvalue weighted by Crippen LogP contribution is -2.03. The van der Waals surface area contributed by atoms with Crippen LogP contribution in [0.3, 0.4) is 0 Å². The second-order valence-corrected chi connectivity index (χ2v) is 4.42. The molecule has 0 atom stereocenters. The van der Waals surface area contributed by atoms with Gasteiger partial charge in [0, 0.05) is 24.5 Å². The van der Waals surface area contributed by atoms with E-state index in [1.165, 1.54) is 0 Å². The summed E-state index contributed by atoms with van der Waals surface area (Å²) in [6.07, 6.45) is 3.40. The number of rotatable bonds is 5. The Hall–Kier alpha value is -1.60. The highest BCUT2D eigenvalue weighted by atomic mass is 35.5. The summed E-state index contributed by atoms with van der Waals surface area (Å²) < 4.78 is 1.88. The van der Waals surface area contributed by atoms with E-state index in [1.54, 1.807) is 12.4 Å². The minimum atomic E-state index is -0.867. The molecular formula is C11H13ClN4O2S. The number of halogens is 1. The third-order valence-corrected chi connectivity index (χ3v) is 3.23. The second kappa shape index (κ2) is 7.10. The van der Waals surface area contributed by atoms with Gasteiger partial charge >= 0.3 is 5.97 Å². The third kappa shape index (κ3) is 3.68. The van der Waals surface area contributed by atoms with Crippen LogP contribution in [0.4, 0.5) is 0 Å². The van der Waals surface area contributed by atoms with E-state index in [9.17, 15) is 4.79 Å². The quantitative estimate of drug-likeness (QED) is 0.850. The highest BCUT2D eigenvalue weighted by Crippen LogP contribution is 2.22. The molecule has 19 heavy (non-hydrogen) atoms. The number of aliphatic carboxylic acids is 1. The van der Waals surface area contributed by atoms with Gasteiger partial charge in [-0.05, 0) is 19.1 Å². The largest absolute Gasteiger partial charge is 0.481 e. The molecule has 2 heterocycles. The van der Waals surface area contributed by atoms with Gasteiger partial charge in [0.1, 0.15) is 0 Å². The molecule has 0 unspecified atom stereocenters. The standard InChI is InChI=1S/C11H12N4O2S.ClH/c1-2-15-10(8-4-3-5-12-6-8)13-14-11(15)18-7-9(16)17;/h3-6H,2,7H2,1H3,(H,16,17);1H. The Kier molecular flexibility index (Phi) is 5.78. The van der Waals surface area contributed by atoms with Crippen molar-refractivity contribution in [1.29, 1.82) is 0 Å². The number of thioether (sulfide) groups is 1. The minimum Gasteiger partial charge on any atom is -0.481 e. The average Bonchev–Trinajstić information content (AvgIpc) is 2.80. The van der Waals surface area contributed by atoms with E-state index >= 15 is 0 Å². The van der Waals surface area contributed by atoms with Gasteiger partial charge in [0.15, 0.2) is 11.0 Å². The Labute approximate surface area is 120 Å². The molecule has 1 N–H and O–H groups in total. The first-order valence-electron chi connectivity index (χ1n) is 5.40. The summed E-state index contributed by atoms with van der Waals surface area (Å²) >= 11 is 1.16. The maximum atomic E-state index is 10.6. The highest BCUT2D eigenvalue weighted by molar-refractivity contribution is 7.99. The van der Waals surface area contributed by atoms with Crippen molar-refractivity contribution in [3.8, 4) is 11.4 Å². The zero-order valence-corrected chi connectivity index (χ0v) is 11.8. The van der Waals surface area contributed by atoms with E-state index in [2.05, 4.69) is 15.2 Å². The number of nitrogens with zero attached hydrogens (tertiary/aromatic N) is 4. The molecule has 2 rings (SSSR count). The van der Waals surface area contributed by atoms with Crippen molar-refractivity contribution in [2.24, 2.45) is 0 Å². The fourth-order valence-electron chi connectivity index (χ4n) is 1.52. The van der Waals surface area contributed by atoms with Crippen LogP contribution in [0, 0.1) is 0 Å². The van der Waals surface area contributed by atoms with Crippen molar-refractivity contribution in [3.63, 3.8) is 0 Å². The van der Waals surface area contributed by atoms with Crippen LogP contribution >= 0.6 is 24.2 Å². The van der Waals surface area contributed by atoms with Crippen molar-refractivity contribution in [2.75, 3.05) is 5.75 Å². The number of carbonyl (C=O) groups is 1. The normalized spacial score (nSPS) is 9.95. The minimum absolute atomic E-state index is 0. The van der Waals surface area contributed by atoms with Crippen molar-refractivity contribution < 1.29 is 9.90 Å². The molecule has 0 aliphatic heterocycles. The molecule has 0 saturated heterocycles. The predicted molar refractivity (Wildman–Crippen MR) is 74.5 cm³/mol. The molecule has 8 heteroatoms. The predicted octanol–water partition coefficient (Wildman–Crippen LogP) is 1.96. The fraction of sp³-hybridized carbons (Fsp3) is 0.273. The molecule has 102 valence electrons. The molecule has 6 nitrogen and oxygen atoms in total. The monoisotopic (exact) mass is 300 g/mol. The molecule has 0 amide bonds. The first kappa shape index (κ1) is 15.5. The Morgan fingerprint density at radius 2 is 2.26 bits per heavy atom. The average molecular weight is 301 g/mol. The topological polar surface area (TPSA) is 80.9 Å². The Morgan fingerprint density at radius 1 is 1.47 bits per heavy atom. The fourth-order valence-corrected chi connectivity index (χ4v) is 2.24. The molecule has 2 aromatic rings. The maximum Gasteiger partial charge on any atom is 0.313 e. The molecule has 0 bridgehead atoms. The molecule has 0 saturated carbocycles. The summed E-state index contributed by atoms with van der Waals surface area (Å²) in [6, 6.07) is 3.73. The van der Waals surface area contributed by atoms with Gasteiger partial charge in [-0.2, -0.15) is 0 Å². The van der Waals surface area contributed by atoms with Crippen LogP contribution in [0.1, 0.15) is 6.92 Å². The Bertz CT molecular complexity index is 547. The summed E-state index contributed by atoms with van der Waals surface area (Å²) in [4.78, 5) is 14.6. The second-order valence-electron chi connectivity index (χ2n) is 3.47. The molecule has 2 aromatic heterocycles. The first-order chi connectivity index (χ1) is 8.72. The van der Waals surface area contributed by atoms with Crippen molar-refractivity contribution in [2.45, 2.75) is 18.6 Å². The van der Waals surface area contributed by atoms with Crippen molar-refractivity contribution >= 4 is 30.1 Å². The summed E-state index contributed by atoms with van der Waals surface area (Å²) in [6.45, 7) is 2.65. The molecular weight excluding hydrogens is 288 g/mol. The van der Waals surface area contributed by atoms with E-state index in [4.69, 9.17) is 5.11 Å². The van der Waals surface area contributed by atoms with E-state index in [0.717, 1.165) is 17.3 Å². The molecule has 0 radical (unpaired) electrons. The number of carboxylic acid groups (broad SMARTS) is 1. The van der Waals surface area contributed by atoms with E-state index in [0.29, 0.717) is 17.5 Å². The summed E-state index contributed by atoms with van der Waals surface area (Å²) in [5.41, 5.74) is 0.869. The lowest BCUT2D eigenvalue weighted by atomic mass is 10.3. The zero-order chi connectivity index (χ0) is 13.0. The summed E-state index contributed by atoms with van der Waals surface area (Å²) in [5, 5.41) is 17.4. The van der Waals surface area contributed by atoms with Crippen molar-refractivity contribution in [1.82, 2.24) is 19.7 Å². The number of carboxylic acids is 1. The number of hydrogen-bond acceptors (Lipinski definition) is 5. The van der Waals surface area contributed by atoms with Gasteiger partial charge in [-0.1, -0.05) is 11.8 Å². The van der Waals surface area contributed by atoms with Gasteiger partial charge in [0.25, 0.3) is 0 Å². The third-order valence-electron chi connectivity index (χ3n) is 2.28. The van der Waals surface area contributed by atoms with E-state index in [-0.39, 0.29) is 18.2 Å². The van der Waals surface area contributed by atoms with Crippen LogP contribution in [0.15, 0.2) is 29.7 Å². The van der Waals surface area contributed by atoms with Crippen molar-refractivity contribution in [3.05, 3.63) is 24.5 Å². The van der Waals surface area contributed by atoms with Gasteiger partial charge in [-0.15, -0.1) is 22.6 Å². The van der Waals surface area contributed by atoms with Gasteiger partial charge in [0.05, 0.1) is 5.75 Å². The molecule has 0 fully saturated rings. The number of hydrogen-bond donors (Lipinski definition) is 1. The molecule has 0 aromatic carbocycles. The van der Waals surface area contributed by atoms with E-state index < -0.39 is 5.97 Å². The zero-order valence-electron chi connectivity index (χ0n) is 10.2. The maximum absolute atomic E-state index is 10.6. The van der Waals surface area contributed by atoms with Gasteiger partial charge in [-0.3, -0.25) is 9.78 Å². The smallest absolute Gasteiger partial charge is 0.313 e. The van der Waals surface area contributed by atoms with Crippen LogP contribution in [-0.2, 0) is 11.3 Å². The van der Waals surface area contributed by atoms with Gasteiger partial charge < -0.3 is 9.67 Å². The van der Waals surface area contributed by atoms with Crippen LogP contribution in [0.25, 0.3) is 11.4 Å². The van der Waals surface area contributed by atoms with E-state index in [1.807, 2.05) is 23.6 Å². The SMILES string of the molecule is CCn1c(SCC(=O)O)nnc1-c1cccnc1.Cl. The van der Waals surface area contributed by atoms with Gasteiger partial charge in [-0.25, -0.2) is 0 Å². The molecule has 0 spiro atoms. The summed E-state index contributed by atoms with van der Waals surface area (Å²) in [7, 11) is 0. The summed E-state index contributed by atoms with van der Waals surface area (Å²) in [5.74, 6) is -0.183. The van der Waals surface area contributed by atoms with Gasteiger partial charge in [0.2, 0.25) is 0 Å². The highest BCUT2D eigenvalue weighted by Gasteiger charge is 2.13. The van der Waals surface area contributed by atoms with Crippen LogP contribution in [0.5, 0.6) is 0 Å². The Morgan fingerprint density at radius 3 is 2.84 bits per heavy atom.